The molecule has 1 heterocycles. The fourth-order valence-corrected chi connectivity index (χ4v) is 3.95. The molecule has 134 valence electrons. The van der Waals surface area contributed by atoms with Gasteiger partial charge in [0, 0.05) is 18.7 Å². The first kappa shape index (κ1) is 16.8. The highest BCUT2D eigenvalue weighted by Gasteiger charge is 2.36. The van der Waals surface area contributed by atoms with Crippen LogP contribution in [0.15, 0.2) is 48.5 Å². The Morgan fingerprint density at radius 1 is 1.12 bits per heavy atom. The van der Waals surface area contributed by atoms with Crippen molar-refractivity contribution in [3.63, 3.8) is 0 Å². The molecule has 4 rings (SSSR count). The topological polar surface area (TPSA) is 49.4 Å². The Balaban J connectivity index is 1.45. The molecule has 1 aliphatic heterocycles. The number of benzene rings is 2. The lowest BCUT2D eigenvalue weighted by molar-refractivity contribution is -0.127. The van der Waals surface area contributed by atoms with Crippen LogP contribution in [0.1, 0.15) is 36.4 Å². The average Bonchev–Trinajstić information content (AvgIpc) is 3.05. The third kappa shape index (κ3) is 3.21. The van der Waals surface area contributed by atoms with E-state index in [1.807, 2.05) is 12.1 Å². The predicted molar refractivity (Wildman–Crippen MR) is 97.1 cm³/mol. The monoisotopic (exact) mass is 352 g/mol. The lowest BCUT2D eigenvalue weighted by Gasteiger charge is -2.27. The number of aryl methyl sites for hydroxylation is 1. The number of rotatable bonds is 3. The SMILES string of the molecule is O=C(N[C@@H]1CCCc2ccccc21)[C@@H]1CC(=O)N(c2ccc(F)cc2)C1. The number of anilines is 1. The van der Waals surface area contributed by atoms with Crippen LogP contribution in [0.25, 0.3) is 0 Å². The maximum Gasteiger partial charge on any atom is 0.227 e. The molecular formula is C21H21FN2O2. The van der Waals surface area contributed by atoms with Crippen molar-refractivity contribution in [1.82, 2.24) is 5.32 Å². The Bertz CT molecular complexity index is 834. The van der Waals surface area contributed by atoms with Crippen LogP contribution in [0.4, 0.5) is 10.1 Å². The van der Waals surface area contributed by atoms with E-state index in [4.69, 9.17) is 0 Å². The molecular weight excluding hydrogens is 331 g/mol. The summed E-state index contributed by atoms with van der Waals surface area (Å²) in [4.78, 5) is 26.6. The van der Waals surface area contributed by atoms with Crippen molar-refractivity contribution in [2.75, 3.05) is 11.4 Å². The Labute approximate surface area is 152 Å². The van der Waals surface area contributed by atoms with Crippen LogP contribution in [0.2, 0.25) is 0 Å². The van der Waals surface area contributed by atoms with Crippen molar-refractivity contribution in [2.45, 2.75) is 31.7 Å². The molecule has 1 N–H and O–H groups in total. The van der Waals surface area contributed by atoms with Gasteiger partial charge in [0.15, 0.2) is 0 Å². The molecule has 2 aliphatic rings. The summed E-state index contributed by atoms with van der Waals surface area (Å²) in [5, 5.41) is 3.14. The highest BCUT2D eigenvalue weighted by Crippen LogP contribution is 2.31. The van der Waals surface area contributed by atoms with Crippen molar-refractivity contribution in [3.8, 4) is 0 Å². The normalized spacial score (nSPS) is 22.2. The number of carbonyl (C=O) groups excluding carboxylic acids is 2. The number of amides is 2. The van der Waals surface area contributed by atoms with Gasteiger partial charge in [0.05, 0.1) is 12.0 Å². The molecule has 0 unspecified atom stereocenters. The maximum atomic E-state index is 13.1. The zero-order valence-electron chi connectivity index (χ0n) is 14.5. The molecule has 0 radical (unpaired) electrons. The number of hydrogen-bond acceptors (Lipinski definition) is 2. The number of nitrogens with zero attached hydrogens (tertiary/aromatic N) is 1. The molecule has 1 saturated heterocycles. The molecule has 2 aromatic carbocycles. The quantitative estimate of drug-likeness (QED) is 0.921. The number of hydrogen-bond donors (Lipinski definition) is 1. The first-order valence-electron chi connectivity index (χ1n) is 9.06. The summed E-state index contributed by atoms with van der Waals surface area (Å²) in [7, 11) is 0. The number of fused-ring (bicyclic) bond motifs is 1. The van der Waals surface area contributed by atoms with Gasteiger partial charge in [-0.15, -0.1) is 0 Å². The van der Waals surface area contributed by atoms with Crippen molar-refractivity contribution in [2.24, 2.45) is 5.92 Å². The Kier molecular flexibility index (Phi) is 4.45. The first-order valence-corrected chi connectivity index (χ1v) is 9.06. The van der Waals surface area contributed by atoms with E-state index in [2.05, 4.69) is 17.4 Å². The lowest BCUT2D eigenvalue weighted by atomic mass is 9.87. The van der Waals surface area contributed by atoms with Gasteiger partial charge < -0.3 is 10.2 Å². The summed E-state index contributed by atoms with van der Waals surface area (Å²) >= 11 is 0. The fourth-order valence-electron chi connectivity index (χ4n) is 3.95. The molecule has 4 nitrogen and oxygen atoms in total. The van der Waals surface area contributed by atoms with Gasteiger partial charge in [-0.25, -0.2) is 4.39 Å². The number of nitrogens with one attached hydrogen (secondary N) is 1. The molecule has 2 aromatic rings. The minimum Gasteiger partial charge on any atom is -0.349 e. The average molecular weight is 352 g/mol. The van der Waals surface area contributed by atoms with Crippen LogP contribution >= 0.6 is 0 Å². The molecule has 1 fully saturated rings. The lowest BCUT2D eigenvalue weighted by Crippen LogP contribution is -2.36. The zero-order valence-corrected chi connectivity index (χ0v) is 14.5. The van der Waals surface area contributed by atoms with Crippen LogP contribution in [0.3, 0.4) is 0 Å². The van der Waals surface area contributed by atoms with Gasteiger partial charge in [-0.1, -0.05) is 24.3 Å². The zero-order chi connectivity index (χ0) is 18.1. The highest BCUT2D eigenvalue weighted by atomic mass is 19.1. The van der Waals surface area contributed by atoms with Gasteiger partial charge in [0.25, 0.3) is 0 Å². The largest absolute Gasteiger partial charge is 0.349 e. The molecule has 2 amide bonds. The van der Waals surface area contributed by atoms with Crippen LogP contribution < -0.4 is 10.2 Å². The maximum absolute atomic E-state index is 13.1. The summed E-state index contributed by atoms with van der Waals surface area (Å²) in [5.74, 6) is -0.891. The van der Waals surface area contributed by atoms with Gasteiger partial charge in [0.2, 0.25) is 11.8 Å². The van der Waals surface area contributed by atoms with Gasteiger partial charge in [-0.05, 0) is 54.7 Å². The standard InChI is InChI=1S/C21H21FN2O2/c22-16-8-10-17(11-9-16)24-13-15(12-20(24)25)21(26)23-19-7-3-5-14-4-1-2-6-18(14)19/h1-2,4,6,8-11,15,19H,3,5,7,12-13H2,(H,23,26)/t15-,19-/m1/s1. The van der Waals surface area contributed by atoms with Gasteiger partial charge in [0.1, 0.15) is 5.82 Å². The van der Waals surface area contributed by atoms with Crippen molar-refractivity contribution in [3.05, 3.63) is 65.5 Å². The second kappa shape index (κ2) is 6.90. The molecule has 2 atom stereocenters. The van der Waals surface area contributed by atoms with E-state index in [0.717, 1.165) is 19.3 Å². The van der Waals surface area contributed by atoms with Crippen molar-refractivity contribution < 1.29 is 14.0 Å². The van der Waals surface area contributed by atoms with E-state index in [1.165, 1.54) is 23.3 Å². The number of carbonyl (C=O) groups is 2. The Hall–Kier alpha value is -2.69. The molecule has 0 bridgehead atoms. The highest BCUT2D eigenvalue weighted by molar-refractivity contribution is 6.00. The molecule has 1 aliphatic carbocycles. The van der Waals surface area contributed by atoms with E-state index >= 15 is 0 Å². The molecule has 26 heavy (non-hydrogen) atoms. The van der Waals surface area contributed by atoms with E-state index in [9.17, 15) is 14.0 Å². The van der Waals surface area contributed by atoms with Crippen LogP contribution in [-0.4, -0.2) is 18.4 Å². The van der Waals surface area contributed by atoms with Gasteiger partial charge >= 0.3 is 0 Å². The van der Waals surface area contributed by atoms with Crippen LogP contribution in [0.5, 0.6) is 0 Å². The van der Waals surface area contributed by atoms with Crippen molar-refractivity contribution >= 4 is 17.5 Å². The summed E-state index contributed by atoms with van der Waals surface area (Å²) < 4.78 is 13.1. The predicted octanol–water partition coefficient (Wildman–Crippen LogP) is 3.37. The molecule has 5 heteroatoms. The third-order valence-corrected chi connectivity index (χ3v) is 5.32. The van der Waals surface area contributed by atoms with E-state index < -0.39 is 0 Å². The second-order valence-corrected chi connectivity index (χ2v) is 7.03. The van der Waals surface area contributed by atoms with E-state index in [-0.39, 0.29) is 36.0 Å². The smallest absolute Gasteiger partial charge is 0.227 e. The van der Waals surface area contributed by atoms with E-state index in [0.29, 0.717) is 12.2 Å². The van der Waals surface area contributed by atoms with Gasteiger partial charge in [-0.2, -0.15) is 0 Å². The Morgan fingerprint density at radius 3 is 2.69 bits per heavy atom. The minimum absolute atomic E-state index is 0.0161. The van der Waals surface area contributed by atoms with Crippen LogP contribution in [-0.2, 0) is 16.0 Å². The second-order valence-electron chi connectivity index (χ2n) is 7.03. The summed E-state index contributed by atoms with van der Waals surface area (Å²) in [5.41, 5.74) is 3.11. The summed E-state index contributed by atoms with van der Waals surface area (Å²) in [6.45, 7) is 0.338. The van der Waals surface area contributed by atoms with Crippen molar-refractivity contribution in [1.29, 1.82) is 0 Å². The van der Waals surface area contributed by atoms with Crippen LogP contribution in [0, 0.1) is 11.7 Å². The van der Waals surface area contributed by atoms with Gasteiger partial charge in [-0.3, -0.25) is 9.59 Å². The fraction of sp³-hybridized carbons (Fsp3) is 0.333. The minimum atomic E-state index is -0.373. The molecule has 0 saturated carbocycles. The molecule has 0 aromatic heterocycles. The van der Waals surface area contributed by atoms with E-state index in [1.54, 1.807) is 17.0 Å². The number of halogens is 1. The first-order chi connectivity index (χ1) is 12.6. The molecule has 0 spiro atoms. The summed E-state index contributed by atoms with van der Waals surface area (Å²) in [6.07, 6.45) is 3.21. The third-order valence-electron chi connectivity index (χ3n) is 5.32. The summed E-state index contributed by atoms with van der Waals surface area (Å²) in [6, 6.07) is 14.0. The Morgan fingerprint density at radius 2 is 1.88 bits per heavy atom.